The number of nitrogens with one attached hydrogen (secondary N) is 2. The molecule has 1 heterocycles. The third kappa shape index (κ3) is 7.95. The second-order valence-corrected chi connectivity index (χ2v) is 11.5. The van der Waals surface area contributed by atoms with Crippen molar-refractivity contribution in [2.75, 3.05) is 35.4 Å². The lowest BCUT2D eigenvalue weighted by Crippen LogP contribution is -2.31. The summed E-state index contributed by atoms with van der Waals surface area (Å²) in [5, 5.41) is 22.0. The van der Waals surface area contributed by atoms with Crippen molar-refractivity contribution in [3.63, 3.8) is 0 Å². The van der Waals surface area contributed by atoms with Crippen LogP contribution in [-0.4, -0.2) is 68.3 Å². The Hall–Kier alpha value is -2.37. The van der Waals surface area contributed by atoms with Crippen LogP contribution in [0.3, 0.4) is 0 Å². The highest BCUT2D eigenvalue weighted by atomic mass is 32.2. The van der Waals surface area contributed by atoms with Crippen LogP contribution in [0.25, 0.3) is 0 Å². The Bertz CT molecular complexity index is 1170. The number of anilines is 1. The molecule has 1 aromatic heterocycles. The summed E-state index contributed by atoms with van der Waals surface area (Å²) in [6, 6.07) is 2.78. The summed E-state index contributed by atoms with van der Waals surface area (Å²) in [5.41, 5.74) is -0.990. The summed E-state index contributed by atoms with van der Waals surface area (Å²) in [4.78, 5) is 0. The maximum absolute atomic E-state index is 13.4. The van der Waals surface area contributed by atoms with E-state index in [1.807, 2.05) is 0 Å². The number of hydrogen-bond donors (Lipinski definition) is 3. The molecule has 1 aromatic carbocycles. The molecule has 0 atom stereocenters. The number of oxime groups is 1. The molecule has 2 rings (SSSR count). The molecule has 0 unspecified atom stereocenters. The first-order valence-corrected chi connectivity index (χ1v) is 13.3. The second-order valence-electron chi connectivity index (χ2n) is 6.22. The van der Waals surface area contributed by atoms with Gasteiger partial charge in [-0.2, -0.15) is 0 Å². The Morgan fingerprint density at radius 2 is 1.97 bits per heavy atom. The predicted molar refractivity (Wildman–Crippen MR) is 110 cm³/mol. The Kier molecular flexibility index (Phi) is 8.88. The summed E-state index contributed by atoms with van der Waals surface area (Å²) in [7, 11) is -7.25. The molecule has 178 valence electrons. The van der Waals surface area contributed by atoms with Gasteiger partial charge >= 0.3 is 0 Å². The van der Waals surface area contributed by atoms with Crippen LogP contribution in [-0.2, 0) is 19.9 Å². The molecule has 2 aromatic rings. The monoisotopic (exact) mass is 517 g/mol. The highest BCUT2D eigenvalue weighted by molar-refractivity contribution is 7.99. The summed E-state index contributed by atoms with van der Waals surface area (Å²) < 4.78 is 91.7. The number of nitrogens with zero attached hydrogens (tertiary/aromatic N) is 3. The fourth-order valence-corrected chi connectivity index (χ4v) is 5.68. The van der Waals surface area contributed by atoms with Gasteiger partial charge in [0, 0.05) is 24.2 Å². The van der Waals surface area contributed by atoms with Crippen molar-refractivity contribution in [1.29, 1.82) is 0 Å². The van der Waals surface area contributed by atoms with Crippen LogP contribution >= 0.6 is 11.8 Å². The molecule has 0 saturated heterocycles. The molecule has 0 bridgehead atoms. The van der Waals surface area contributed by atoms with Crippen molar-refractivity contribution in [1.82, 2.24) is 15.0 Å². The van der Waals surface area contributed by atoms with Gasteiger partial charge in [0.1, 0.15) is 15.7 Å². The van der Waals surface area contributed by atoms with Crippen LogP contribution < -0.4 is 10.0 Å². The molecule has 0 aliphatic rings. The molecule has 0 aliphatic carbocycles. The van der Waals surface area contributed by atoms with Gasteiger partial charge in [-0.05, 0) is 28.5 Å². The number of sulfone groups is 1. The maximum atomic E-state index is 13.4. The van der Waals surface area contributed by atoms with E-state index in [1.54, 1.807) is 0 Å². The van der Waals surface area contributed by atoms with Crippen molar-refractivity contribution >= 4 is 43.1 Å². The van der Waals surface area contributed by atoms with Gasteiger partial charge in [0.05, 0.1) is 17.1 Å². The summed E-state index contributed by atoms with van der Waals surface area (Å²) in [6.45, 7) is -0.0855. The minimum Gasteiger partial charge on any atom is -0.409 e. The zero-order valence-electron chi connectivity index (χ0n) is 16.3. The van der Waals surface area contributed by atoms with Crippen LogP contribution in [0.15, 0.2) is 33.0 Å². The van der Waals surface area contributed by atoms with Gasteiger partial charge in [-0.25, -0.2) is 39.4 Å². The van der Waals surface area contributed by atoms with Crippen molar-refractivity contribution in [2.24, 2.45) is 5.16 Å². The van der Waals surface area contributed by atoms with E-state index < -0.39 is 49.2 Å². The minimum atomic E-state index is -3.81. The molecule has 11 nitrogen and oxygen atoms in total. The average molecular weight is 518 g/mol. The lowest BCUT2D eigenvalue weighted by Gasteiger charge is -2.09. The van der Waals surface area contributed by atoms with Gasteiger partial charge in [0.2, 0.25) is 15.9 Å². The van der Waals surface area contributed by atoms with Crippen LogP contribution in [0.1, 0.15) is 17.7 Å². The second kappa shape index (κ2) is 11.0. The van der Waals surface area contributed by atoms with E-state index in [1.165, 1.54) is 0 Å². The van der Waals surface area contributed by atoms with Crippen LogP contribution in [0.5, 0.6) is 0 Å². The molecule has 0 saturated carbocycles. The normalized spacial score (nSPS) is 13.0. The summed E-state index contributed by atoms with van der Waals surface area (Å²) in [5.74, 6) is -2.44. The first-order valence-electron chi connectivity index (χ1n) is 8.59. The fourth-order valence-electron chi connectivity index (χ4n) is 2.15. The van der Waals surface area contributed by atoms with Crippen molar-refractivity contribution < 1.29 is 39.8 Å². The first kappa shape index (κ1) is 25.9. The number of rotatable bonds is 11. The van der Waals surface area contributed by atoms with Crippen LogP contribution in [0.4, 0.5) is 18.9 Å². The molecule has 17 heteroatoms. The third-order valence-corrected chi connectivity index (χ3v) is 7.20. The van der Waals surface area contributed by atoms with E-state index in [2.05, 4.69) is 30.1 Å². The van der Waals surface area contributed by atoms with Crippen molar-refractivity contribution in [3.8, 4) is 0 Å². The van der Waals surface area contributed by atoms with Crippen molar-refractivity contribution in [2.45, 2.75) is 11.5 Å². The largest absolute Gasteiger partial charge is 0.409 e. The third-order valence-electron chi connectivity index (χ3n) is 3.66. The van der Waals surface area contributed by atoms with Gasteiger partial charge in [-0.15, -0.1) is 0 Å². The number of thioether (sulfide) groups is 1. The minimum absolute atomic E-state index is 0.0212. The predicted octanol–water partition coefficient (Wildman–Crippen LogP) is 1.45. The number of benzene rings is 1. The van der Waals surface area contributed by atoms with Gasteiger partial charge in [-0.3, -0.25) is 0 Å². The Balaban J connectivity index is 1.99. The van der Waals surface area contributed by atoms with Crippen LogP contribution in [0.2, 0.25) is 0 Å². The zero-order valence-corrected chi connectivity index (χ0v) is 18.8. The number of sulfonamides is 1. The molecular weight excluding hydrogens is 499 g/mol. The lowest BCUT2D eigenvalue weighted by molar-refractivity contribution is 0.146. The number of hydrogen-bond acceptors (Lipinski definition) is 10. The molecule has 0 spiro atoms. The molecular formula is C15H18F3N5O6S3. The standard InChI is InChI=1S/C15H18F3N5O6S3/c1-31(25,26)6-7-32(27,28)19-4-5-30-15-12(22-29-23-15)14(21-24)20-9-2-3-11(16)10(8-9)13(17)18/h2-3,8,13,19,24H,4-7H2,1H3,(H,20,21). The summed E-state index contributed by atoms with van der Waals surface area (Å²) in [6.07, 6.45) is -2.14. The molecule has 0 radical (unpaired) electrons. The maximum Gasteiger partial charge on any atom is 0.266 e. The number of halogens is 3. The topological polar surface area (TPSA) is 164 Å². The summed E-state index contributed by atoms with van der Waals surface area (Å²) >= 11 is 0.958. The molecule has 3 N–H and O–H groups in total. The van der Waals surface area contributed by atoms with Crippen molar-refractivity contribution in [3.05, 3.63) is 35.3 Å². The highest BCUT2D eigenvalue weighted by Crippen LogP contribution is 2.26. The Morgan fingerprint density at radius 3 is 2.59 bits per heavy atom. The Morgan fingerprint density at radius 1 is 1.25 bits per heavy atom. The van der Waals surface area contributed by atoms with E-state index in [4.69, 9.17) is 0 Å². The SMILES string of the molecule is CS(=O)(=O)CCS(=O)(=O)NCCSc1nonc1/C(=N\O)Nc1ccc(F)c(C(F)F)c1. The lowest BCUT2D eigenvalue weighted by atomic mass is 10.2. The van der Waals surface area contributed by atoms with E-state index in [0.717, 1.165) is 36.2 Å². The number of alkyl halides is 2. The quantitative estimate of drug-likeness (QED) is 0.0992. The zero-order chi connectivity index (χ0) is 23.9. The molecule has 0 fully saturated rings. The van der Waals surface area contributed by atoms with Gasteiger partial charge in [0.25, 0.3) is 6.43 Å². The van der Waals surface area contributed by atoms with Gasteiger partial charge < -0.3 is 10.5 Å². The first-order chi connectivity index (χ1) is 14.9. The van der Waals surface area contributed by atoms with Crippen LogP contribution in [0, 0.1) is 5.82 Å². The van der Waals surface area contributed by atoms with E-state index in [-0.39, 0.29) is 34.5 Å². The Labute approximate surface area is 185 Å². The smallest absolute Gasteiger partial charge is 0.266 e. The van der Waals surface area contributed by atoms with Gasteiger partial charge in [0.15, 0.2) is 10.7 Å². The molecule has 0 amide bonds. The van der Waals surface area contributed by atoms with E-state index >= 15 is 0 Å². The number of amidine groups is 1. The number of aromatic nitrogens is 2. The van der Waals surface area contributed by atoms with Gasteiger partial charge in [-0.1, -0.05) is 16.9 Å². The highest BCUT2D eigenvalue weighted by Gasteiger charge is 2.20. The average Bonchev–Trinajstić information content (AvgIpc) is 3.17. The van der Waals surface area contributed by atoms with E-state index in [0.29, 0.717) is 0 Å². The van der Waals surface area contributed by atoms with E-state index in [9.17, 15) is 35.2 Å². The fraction of sp³-hybridized carbons (Fsp3) is 0.400. The molecule has 0 aliphatic heterocycles. The molecule has 32 heavy (non-hydrogen) atoms.